The molecule has 0 heterocycles. The van der Waals surface area contributed by atoms with Gasteiger partial charge in [-0.1, -0.05) is 11.6 Å². The highest BCUT2D eigenvalue weighted by atomic mass is 35.5. The Bertz CT molecular complexity index is 731. The van der Waals surface area contributed by atoms with E-state index in [4.69, 9.17) is 21.4 Å². The molecule has 0 aliphatic carbocycles. The van der Waals surface area contributed by atoms with Crippen LogP contribution in [0.5, 0.6) is 11.5 Å². The normalized spacial score (nSPS) is 10.6. The molecule has 0 aromatic heterocycles. The number of carboxylic acids is 1. The number of aromatic hydroxyl groups is 1. The molecule has 0 amide bonds. The number of methoxy groups -OCH3 is 1. The van der Waals surface area contributed by atoms with Gasteiger partial charge in [-0.2, -0.15) is 5.10 Å². The second-order valence-corrected chi connectivity index (χ2v) is 4.71. The number of aromatic carboxylic acids is 1. The fourth-order valence-corrected chi connectivity index (χ4v) is 1.87. The molecule has 0 saturated heterocycles. The van der Waals surface area contributed by atoms with Gasteiger partial charge in [-0.3, -0.25) is 5.43 Å². The first-order valence-corrected chi connectivity index (χ1v) is 6.58. The molecule has 22 heavy (non-hydrogen) atoms. The van der Waals surface area contributed by atoms with Crippen LogP contribution in [0.2, 0.25) is 5.02 Å². The zero-order valence-corrected chi connectivity index (χ0v) is 12.3. The monoisotopic (exact) mass is 320 g/mol. The minimum absolute atomic E-state index is 0.00245. The summed E-state index contributed by atoms with van der Waals surface area (Å²) in [4.78, 5) is 10.9. The van der Waals surface area contributed by atoms with E-state index in [1.54, 1.807) is 12.1 Å². The SMILES string of the molecule is COc1ccc(/C=N\Nc2cc(C(=O)O)ccc2Cl)cc1O. The third-order valence-electron chi connectivity index (χ3n) is 2.81. The summed E-state index contributed by atoms with van der Waals surface area (Å²) in [6.45, 7) is 0. The molecule has 2 rings (SSSR count). The van der Waals surface area contributed by atoms with Crippen molar-refractivity contribution in [3.05, 3.63) is 52.5 Å². The number of halogens is 1. The standard InChI is InChI=1S/C15H13ClN2O4/c1-22-14-5-2-9(6-13(14)19)8-17-18-12-7-10(15(20)21)3-4-11(12)16/h2-8,18-19H,1H3,(H,20,21)/b17-8-. The second kappa shape index (κ2) is 6.82. The number of ether oxygens (including phenoxy) is 1. The predicted octanol–water partition coefficient (Wildman–Crippen LogP) is 3.20. The number of rotatable bonds is 5. The van der Waals surface area contributed by atoms with Crippen LogP contribution in [-0.4, -0.2) is 29.5 Å². The molecule has 0 atom stereocenters. The summed E-state index contributed by atoms with van der Waals surface area (Å²) in [5.41, 5.74) is 3.77. The molecular formula is C15H13ClN2O4. The van der Waals surface area contributed by atoms with Crippen LogP contribution in [0.15, 0.2) is 41.5 Å². The molecule has 0 spiro atoms. The van der Waals surface area contributed by atoms with E-state index in [1.165, 1.54) is 37.6 Å². The van der Waals surface area contributed by atoms with Crippen LogP contribution in [0.1, 0.15) is 15.9 Å². The number of hydrazone groups is 1. The fourth-order valence-electron chi connectivity index (χ4n) is 1.71. The number of hydrogen-bond acceptors (Lipinski definition) is 5. The van der Waals surface area contributed by atoms with Gasteiger partial charge in [0.05, 0.1) is 29.6 Å². The Balaban J connectivity index is 2.14. The first-order chi connectivity index (χ1) is 10.5. The van der Waals surface area contributed by atoms with Crippen molar-refractivity contribution in [3.63, 3.8) is 0 Å². The van der Waals surface area contributed by atoms with Crippen molar-refractivity contribution in [3.8, 4) is 11.5 Å². The molecule has 0 saturated carbocycles. The maximum atomic E-state index is 10.9. The van der Waals surface area contributed by atoms with Crippen molar-refractivity contribution in [2.45, 2.75) is 0 Å². The van der Waals surface area contributed by atoms with E-state index in [-0.39, 0.29) is 11.3 Å². The largest absolute Gasteiger partial charge is 0.504 e. The molecule has 0 fully saturated rings. The summed E-state index contributed by atoms with van der Waals surface area (Å²) in [5, 5.41) is 22.9. The maximum Gasteiger partial charge on any atom is 0.335 e. The molecule has 114 valence electrons. The number of hydrogen-bond donors (Lipinski definition) is 3. The van der Waals surface area contributed by atoms with Gasteiger partial charge in [0.1, 0.15) is 0 Å². The van der Waals surface area contributed by atoms with Crippen LogP contribution >= 0.6 is 11.6 Å². The summed E-state index contributed by atoms with van der Waals surface area (Å²) in [7, 11) is 1.46. The molecule has 0 aliphatic rings. The van der Waals surface area contributed by atoms with Gasteiger partial charge in [-0.25, -0.2) is 4.79 Å². The molecular weight excluding hydrogens is 308 g/mol. The summed E-state index contributed by atoms with van der Waals surface area (Å²) in [5.74, 6) is -0.691. The number of nitrogens with zero attached hydrogens (tertiary/aromatic N) is 1. The summed E-state index contributed by atoms with van der Waals surface area (Å²) >= 11 is 5.96. The highest BCUT2D eigenvalue weighted by Gasteiger charge is 2.06. The average Bonchev–Trinajstić information content (AvgIpc) is 2.49. The zero-order valence-electron chi connectivity index (χ0n) is 11.6. The van der Waals surface area contributed by atoms with Crippen LogP contribution in [0.3, 0.4) is 0 Å². The fraction of sp³-hybridized carbons (Fsp3) is 0.0667. The first-order valence-electron chi connectivity index (χ1n) is 6.20. The Labute approximate surface area is 131 Å². The lowest BCUT2D eigenvalue weighted by Gasteiger charge is -2.05. The van der Waals surface area contributed by atoms with Gasteiger partial charge in [0, 0.05) is 0 Å². The van der Waals surface area contributed by atoms with Crippen LogP contribution in [0, 0.1) is 0 Å². The van der Waals surface area contributed by atoms with E-state index >= 15 is 0 Å². The van der Waals surface area contributed by atoms with Gasteiger partial charge in [-0.05, 0) is 42.0 Å². The van der Waals surface area contributed by atoms with E-state index in [9.17, 15) is 9.90 Å². The van der Waals surface area contributed by atoms with Crippen LogP contribution in [0.4, 0.5) is 5.69 Å². The van der Waals surface area contributed by atoms with Crippen molar-refractivity contribution in [1.82, 2.24) is 0 Å². The number of carboxylic acid groups (broad SMARTS) is 1. The number of phenols is 1. The Morgan fingerprint density at radius 2 is 2.09 bits per heavy atom. The number of carbonyl (C=O) groups is 1. The molecule has 0 bridgehead atoms. The van der Waals surface area contributed by atoms with Crippen molar-refractivity contribution in [1.29, 1.82) is 0 Å². The minimum Gasteiger partial charge on any atom is -0.504 e. The van der Waals surface area contributed by atoms with E-state index in [0.29, 0.717) is 22.0 Å². The molecule has 7 heteroatoms. The minimum atomic E-state index is -1.05. The van der Waals surface area contributed by atoms with Gasteiger partial charge in [0.2, 0.25) is 0 Å². The summed E-state index contributed by atoms with van der Waals surface area (Å²) < 4.78 is 4.94. The summed E-state index contributed by atoms with van der Waals surface area (Å²) in [6.07, 6.45) is 1.46. The van der Waals surface area contributed by atoms with Crippen LogP contribution in [0.25, 0.3) is 0 Å². The Hall–Kier alpha value is -2.73. The molecule has 3 N–H and O–H groups in total. The third kappa shape index (κ3) is 3.67. The maximum absolute atomic E-state index is 10.9. The van der Waals surface area contributed by atoms with E-state index in [2.05, 4.69) is 10.5 Å². The average molecular weight is 321 g/mol. The molecule has 2 aromatic rings. The number of nitrogens with one attached hydrogen (secondary N) is 1. The molecule has 0 radical (unpaired) electrons. The predicted molar refractivity (Wildman–Crippen MR) is 84.3 cm³/mol. The van der Waals surface area contributed by atoms with Gasteiger partial charge in [0.25, 0.3) is 0 Å². The molecule has 6 nitrogen and oxygen atoms in total. The highest BCUT2D eigenvalue weighted by molar-refractivity contribution is 6.33. The number of phenolic OH excluding ortho intramolecular Hbond substituents is 1. The van der Waals surface area contributed by atoms with Crippen molar-refractivity contribution >= 4 is 29.5 Å². The Kier molecular flexibility index (Phi) is 4.85. The van der Waals surface area contributed by atoms with Gasteiger partial charge < -0.3 is 14.9 Å². The Morgan fingerprint density at radius 1 is 1.32 bits per heavy atom. The van der Waals surface area contributed by atoms with E-state index in [0.717, 1.165) is 0 Å². The highest BCUT2D eigenvalue weighted by Crippen LogP contribution is 2.26. The van der Waals surface area contributed by atoms with Crippen LogP contribution in [-0.2, 0) is 0 Å². The van der Waals surface area contributed by atoms with Crippen molar-refractivity contribution < 1.29 is 19.7 Å². The quantitative estimate of drug-likeness (QED) is 0.581. The number of anilines is 1. The topological polar surface area (TPSA) is 91.2 Å². The van der Waals surface area contributed by atoms with E-state index in [1.807, 2.05) is 0 Å². The number of benzene rings is 2. The first kappa shape index (κ1) is 15.7. The lowest BCUT2D eigenvalue weighted by Crippen LogP contribution is -1.98. The van der Waals surface area contributed by atoms with Gasteiger partial charge >= 0.3 is 5.97 Å². The Morgan fingerprint density at radius 3 is 2.73 bits per heavy atom. The lowest BCUT2D eigenvalue weighted by atomic mass is 10.2. The molecule has 2 aromatic carbocycles. The second-order valence-electron chi connectivity index (χ2n) is 4.30. The van der Waals surface area contributed by atoms with E-state index < -0.39 is 5.97 Å². The lowest BCUT2D eigenvalue weighted by molar-refractivity contribution is 0.0697. The van der Waals surface area contributed by atoms with Gasteiger partial charge in [-0.15, -0.1) is 0 Å². The molecule has 0 unspecified atom stereocenters. The van der Waals surface area contributed by atoms with Crippen LogP contribution < -0.4 is 10.2 Å². The smallest absolute Gasteiger partial charge is 0.335 e. The van der Waals surface area contributed by atoms with Gasteiger partial charge in [0.15, 0.2) is 11.5 Å². The van der Waals surface area contributed by atoms with Crippen molar-refractivity contribution in [2.75, 3.05) is 12.5 Å². The summed E-state index contributed by atoms with van der Waals surface area (Å²) in [6, 6.07) is 9.06. The zero-order chi connectivity index (χ0) is 16.1. The van der Waals surface area contributed by atoms with Crippen molar-refractivity contribution in [2.24, 2.45) is 5.10 Å². The molecule has 0 aliphatic heterocycles. The third-order valence-corrected chi connectivity index (χ3v) is 3.14.